The number of thiophene rings is 1. The van der Waals surface area contributed by atoms with Crippen LogP contribution in [0.25, 0.3) is 0 Å². The number of nitrogens with two attached hydrogens (primary N) is 1. The van der Waals surface area contributed by atoms with Crippen molar-refractivity contribution in [3.63, 3.8) is 0 Å². The highest BCUT2D eigenvalue weighted by molar-refractivity contribution is 7.09. The Morgan fingerprint density at radius 1 is 1.22 bits per heavy atom. The summed E-state index contributed by atoms with van der Waals surface area (Å²) in [6.45, 7) is 0.953. The first-order valence-electron chi connectivity index (χ1n) is 5.99. The lowest BCUT2D eigenvalue weighted by molar-refractivity contribution is 0.174. The predicted octanol–water partition coefficient (Wildman–Crippen LogP) is 2.76. The van der Waals surface area contributed by atoms with Crippen molar-refractivity contribution in [2.24, 2.45) is 5.73 Å². The standard InChI is InChI=1S/C14H15NO2S/c15-8-11(6-12-2-1-5-18-12)10-3-4-13-14(7-10)17-9-16-13/h1-5,7,11H,6,8-9,15H2. The fourth-order valence-corrected chi connectivity index (χ4v) is 2.96. The molecule has 0 saturated heterocycles. The van der Waals surface area contributed by atoms with Gasteiger partial charge < -0.3 is 15.2 Å². The molecule has 2 aromatic rings. The molecule has 1 atom stereocenters. The average Bonchev–Trinajstić information content (AvgIpc) is 3.06. The maximum Gasteiger partial charge on any atom is 0.231 e. The Morgan fingerprint density at radius 2 is 2.11 bits per heavy atom. The Hall–Kier alpha value is -1.52. The van der Waals surface area contributed by atoms with E-state index >= 15 is 0 Å². The van der Waals surface area contributed by atoms with Crippen LogP contribution in [0.5, 0.6) is 11.5 Å². The van der Waals surface area contributed by atoms with Crippen LogP contribution in [0.4, 0.5) is 0 Å². The van der Waals surface area contributed by atoms with Crippen LogP contribution in [-0.4, -0.2) is 13.3 Å². The zero-order chi connectivity index (χ0) is 12.4. The lowest BCUT2D eigenvalue weighted by Crippen LogP contribution is -2.14. The van der Waals surface area contributed by atoms with E-state index in [1.807, 2.05) is 12.1 Å². The molecule has 2 heterocycles. The Morgan fingerprint density at radius 3 is 2.89 bits per heavy atom. The maximum absolute atomic E-state index is 5.90. The Bertz CT molecular complexity index is 525. The first-order valence-corrected chi connectivity index (χ1v) is 6.87. The predicted molar refractivity (Wildman–Crippen MR) is 72.4 cm³/mol. The minimum atomic E-state index is 0.316. The van der Waals surface area contributed by atoms with Gasteiger partial charge in [0.1, 0.15) is 0 Å². The third kappa shape index (κ3) is 2.21. The molecule has 0 amide bonds. The van der Waals surface area contributed by atoms with E-state index in [2.05, 4.69) is 23.6 Å². The zero-order valence-electron chi connectivity index (χ0n) is 9.96. The van der Waals surface area contributed by atoms with E-state index in [-0.39, 0.29) is 0 Å². The lowest BCUT2D eigenvalue weighted by Gasteiger charge is -2.14. The Labute approximate surface area is 110 Å². The molecule has 3 nitrogen and oxygen atoms in total. The summed E-state index contributed by atoms with van der Waals surface area (Å²) in [5.74, 6) is 1.99. The average molecular weight is 261 g/mol. The van der Waals surface area contributed by atoms with Crippen molar-refractivity contribution in [2.45, 2.75) is 12.3 Å². The van der Waals surface area contributed by atoms with Crippen molar-refractivity contribution in [3.05, 3.63) is 46.2 Å². The summed E-state index contributed by atoms with van der Waals surface area (Å²) in [7, 11) is 0. The molecule has 0 spiro atoms. The van der Waals surface area contributed by atoms with Gasteiger partial charge in [0.2, 0.25) is 6.79 Å². The number of benzene rings is 1. The third-order valence-corrected chi connectivity index (χ3v) is 4.08. The van der Waals surface area contributed by atoms with Crippen LogP contribution < -0.4 is 15.2 Å². The molecule has 0 saturated carbocycles. The van der Waals surface area contributed by atoms with Crippen molar-refractivity contribution in [2.75, 3.05) is 13.3 Å². The minimum Gasteiger partial charge on any atom is -0.454 e. The van der Waals surface area contributed by atoms with Crippen molar-refractivity contribution in [1.29, 1.82) is 0 Å². The first kappa shape index (κ1) is 11.6. The molecule has 3 rings (SSSR count). The largest absolute Gasteiger partial charge is 0.454 e. The van der Waals surface area contributed by atoms with Gasteiger partial charge in [-0.3, -0.25) is 0 Å². The van der Waals surface area contributed by atoms with Crippen LogP contribution >= 0.6 is 11.3 Å². The van der Waals surface area contributed by atoms with Crippen molar-refractivity contribution in [1.82, 2.24) is 0 Å². The molecule has 1 aliphatic rings. The zero-order valence-corrected chi connectivity index (χ0v) is 10.8. The smallest absolute Gasteiger partial charge is 0.231 e. The van der Waals surface area contributed by atoms with E-state index in [0.29, 0.717) is 19.3 Å². The topological polar surface area (TPSA) is 44.5 Å². The van der Waals surface area contributed by atoms with Gasteiger partial charge in [-0.1, -0.05) is 12.1 Å². The summed E-state index contributed by atoms with van der Waals surface area (Å²) in [5, 5.41) is 2.10. The molecular weight excluding hydrogens is 246 g/mol. The summed E-state index contributed by atoms with van der Waals surface area (Å²) >= 11 is 1.78. The van der Waals surface area contributed by atoms with Crippen LogP contribution in [0.15, 0.2) is 35.7 Å². The second-order valence-corrected chi connectivity index (χ2v) is 5.36. The molecule has 0 aliphatic carbocycles. The summed E-state index contributed by atoms with van der Waals surface area (Å²) in [5.41, 5.74) is 7.12. The number of fused-ring (bicyclic) bond motifs is 1. The van der Waals surface area contributed by atoms with Gasteiger partial charge >= 0.3 is 0 Å². The maximum atomic E-state index is 5.90. The molecule has 4 heteroatoms. The number of ether oxygens (including phenoxy) is 2. The quantitative estimate of drug-likeness (QED) is 0.920. The van der Waals surface area contributed by atoms with Crippen LogP contribution in [0.1, 0.15) is 16.4 Å². The fourth-order valence-electron chi connectivity index (χ4n) is 2.18. The van der Waals surface area contributed by atoms with E-state index in [0.717, 1.165) is 17.9 Å². The molecule has 1 unspecified atom stereocenters. The highest BCUT2D eigenvalue weighted by Gasteiger charge is 2.17. The van der Waals surface area contributed by atoms with Gasteiger partial charge in [0.25, 0.3) is 0 Å². The SMILES string of the molecule is NCC(Cc1cccs1)c1ccc2c(c1)OCO2. The first-order chi connectivity index (χ1) is 8.86. The molecule has 0 bridgehead atoms. The third-order valence-electron chi connectivity index (χ3n) is 3.18. The van der Waals surface area contributed by atoms with Crippen LogP contribution in [0, 0.1) is 0 Å². The summed E-state index contributed by atoms with van der Waals surface area (Å²) in [4.78, 5) is 1.36. The van der Waals surface area contributed by atoms with Gasteiger partial charge in [0, 0.05) is 10.8 Å². The van der Waals surface area contributed by atoms with Crippen molar-refractivity contribution < 1.29 is 9.47 Å². The fraction of sp³-hybridized carbons (Fsp3) is 0.286. The van der Waals surface area contributed by atoms with Crippen molar-refractivity contribution >= 4 is 11.3 Å². The number of rotatable bonds is 4. The summed E-state index contributed by atoms with van der Waals surface area (Å²) in [6.07, 6.45) is 0.980. The molecule has 94 valence electrons. The summed E-state index contributed by atoms with van der Waals surface area (Å²) < 4.78 is 10.7. The summed E-state index contributed by atoms with van der Waals surface area (Å²) in [6, 6.07) is 10.3. The molecule has 0 radical (unpaired) electrons. The van der Waals surface area contributed by atoms with Crippen LogP contribution in [-0.2, 0) is 6.42 Å². The second-order valence-electron chi connectivity index (χ2n) is 4.33. The van der Waals surface area contributed by atoms with E-state index < -0.39 is 0 Å². The highest BCUT2D eigenvalue weighted by Crippen LogP contribution is 2.35. The van der Waals surface area contributed by atoms with Gasteiger partial charge in [0.05, 0.1) is 0 Å². The van der Waals surface area contributed by atoms with E-state index in [1.54, 1.807) is 11.3 Å². The normalized spacial score (nSPS) is 14.7. The number of hydrogen-bond acceptors (Lipinski definition) is 4. The van der Waals surface area contributed by atoms with Crippen LogP contribution in [0.3, 0.4) is 0 Å². The number of hydrogen-bond donors (Lipinski definition) is 1. The van der Waals surface area contributed by atoms with Gasteiger partial charge in [-0.2, -0.15) is 0 Å². The van der Waals surface area contributed by atoms with E-state index in [1.165, 1.54) is 10.4 Å². The highest BCUT2D eigenvalue weighted by atomic mass is 32.1. The minimum absolute atomic E-state index is 0.316. The lowest BCUT2D eigenvalue weighted by atomic mass is 9.95. The Balaban J connectivity index is 1.83. The van der Waals surface area contributed by atoms with E-state index in [4.69, 9.17) is 15.2 Å². The molecule has 0 fully saturated rings. The van der Waals surface area contributed by atoms with Crippen LogP contribution in [0.2, 0.25) is 0 Å². The molecule has 1 aliphatic heterocycles. The van der Waals surface area contributed by atoms with Gasteiger partial charge in [-0.05, 0) is 42.1 Å². The van der Waals surface area contributed by atoms with Gasteiger partial charge in [-0.15, -0.1) is 11.3 Å². The monoisotopic (exact) mass is 261 g/mol. The van der Waals surface area contributed by atoms with Crippen molar-refractivity contribution in [3.8, 4) is 11.5 Å². The molecular formula is C14H15NO2S. The molecule has 1 aromatic carbocycles. The van der Waals surface area contributed by atoms with Gasteiger partial charge in [-0.25, -0.2) is 0 Å². The Kier molecular flexibility index (Phi) is 3.21. The molecule has 2 N–H and O–H groups in total. The van der Waals surface area contributed by atoms with E-state index in [9.17, 15) is 0 Å². The second kappa shape index (κ2) is 5.00. The van der Waals surface area contributed by atoms with Gasteiger partial charge in [0.15, 0.2) is 11.5 Å². The molecule has 1 aromatic heterocycles. The molecule has 18 heavy (non-hydrogen) atoms.